The molecule has 1 aromatic carbocycles. The van der Waals surface area contributed by atoms with Crippen LogP contribution in [0.5, 0.6) is 0 Å². The largest absolute Gasteiger partial charge is 0.313 e. The predicted molar refractivity (Wildman–Crippen MR) is 102 cm³/mol. The molecule has 0 aliphatic heterocycles. The lowest BCUT2D eigenvalue weighted by Crippen LogP contribution is -2.07. The molecule has 0 aliphatic carbocycles. The van der Waals surface area contributed by atoms with Gasteiger partial charge in [0.2, 0.25) is 5.13 Å². The van der Waals surface area contributed by atoms with Gasteiger partial charge in [-0.15, -0.1) is 10.2 Å². The third-order valence-electron chi connectivity index (χ3n) is 4.18. The molecule has 1 atom stereocenters. The predicted octanol–water partition coefficient (Wildman–Crippen LogP) is 3.92. The molecule has 7 nitrogen and oxygen atoms in total. The van der Waals surface area contributed by atoms with Gasteiger partial charge in [-0.2, -0.15) is 10.2 Å². The van der Waals surface area contributed by atoms with Crippen molar-refractivity contribution >= 4 is 22.3 Å². The summed E-state index contributed by atoms with van der Waals surface area (Å²) in [6.07, 6.45) is 3.59. The monoisotopic (exact) mass is 401 g/mol. The van der Waals surface area contributed by atoms with Crippen LogP contribution in [0.1, 0.15) is 29.2 Å². The molecule has 4 aromatic rings. The van der Waals surface area contributed by atoms with E-state index in [4.69, 9.17) is 0 Å². The fraction of sp³-hybridized carbons (Fsp3) is 0.222. The van der Waals surface area contributed by atoms with E-state index in [9.17, 15) is 8.78 Å². The van der Waals surface area contributed by atoms with Gasteiger partial charge in [-0.3, -0.25) is 9.36 Å². The van der Waals surface area contributed by atoms with Gasteiger partial charge in [-0.25, -0.2) is 8.78 Å². The van der Waals surface area contributed by atoms with Gasteiger partial charge in [-0.1, -0.05) is 23.5 Å². The lowest BCUT2D eigenvalue weighted by atomic mass is 10.2. The van der Waals surface area contributed by atoms with Crippen LogP contribution in [0, 0.1) is 18.6 Å². The maximum Gasteiger partial charge on any atom is 0.211 e. The smallest absolute Gasteiger partial charge is 0.211 e. The average molecular weight is 401 g/mol. The molecule has 1 unspecified atom stereocenters. The fourth-order valence-electron chi connectivity index (χ4n) is 2.69. The molecule has 1 N–H and O–H groups in total. The second-order valence-electron chi connectivity index (χ2n) is 6.30. The van der Waals surface area contributed by atoms with Gasteiger partial charge in [0, 0.05) is 24.0 Å². The highest BCUT2D eigenvalue weighted by atomic mass is 32.1. The Morgan fingerprint density at radius 1 is 1.11 bits per heavy atom. The second-order valence-corrected chi connectivity index (χ2v) is 7.30. The molecule has 28 heavy (non-hydrogen) atoms. The molecule has 10 heteroatoms. The van der Waals surface area contributed by atoms with Crippen LogP contribution in [0.25, 0.3) is 0 Å². The first-order valence-corrected chi connectivity index (χ1v) is 9.40. The highest BCUT2D eigenvalue weighted by molar-refractivity contribution is 7.15. The summed E-state index contributed by atoms with van der Waals surface area (Å²) in [7, 11) is 0. The van der Waals surface area contributed by atoms with Gasteiger partial charge in [0.05, 0.1) is 12.2 Å². The first-order chi connectivity index (χ1) is 13.5. The van der Waals surface area contributed by atoms with E-state index in [1.54, 1.807) is 12.3 Å². The molecule has 0 aliphatic rings. The van der Waals surface area contributed by atoms with E-state index >= 15 is 0 Å². The fourth-order valence-corrected chi connectivity index (χ4v) is 3.48. The Hall–Kier alpha value is -3.14. The van der Waals surface area contributed by atoms with Crippen LogP contribution < -0.4 is 5.32 Å². The molecule has 0 amide bonds. The van der Waals surface area contributed by atoms with Crippen molar-refractivity contribution in [2.75, 3.05) is 5.32 Å². The van der Waals surface area contributed by atoms with Gasteiger partial charge >= 0.3 is 0 Å². The summed E-state index contributed by atoms with van der Waals surface area (Å²) in [4.78, 5) is 0. The quantitative estimate of drug-likeness (QED) is 0.530. The second kappa shape index (κ2) is 7.47. The molecule has 4 rings (SSSR count). The molecular formula is C18H17F2N7S. The standard InChI is InChI=1S/C18H17F2N7S/c1-11-6-9-27(24-11)12(2)17-22-23-18(28-17)21-15-7-8-26(25-15)10-13-4-3-5-14(19)16(13)20/h3-9,12H,10H2,1-2H3,(H,21,23,25). The van der Waals surface area contributed by atoms with Gasteiger partial charge < -0.3 is 5.32 Å². The van der Waals surface area contributed by atoms with E-state index in [0.717, 1.165) is 16.8 Å². The average Bonchev–Trinajstić information content (AvgIpc) is 3.41. The van der Waals surface area contributed by atoms with E-state index in [0.29, 0.717) is 10.9 Å². The number of halogens is 2. The Morgan fingerprint density at radius 3 is 2.75 bits per heavy atom. The van der Waals surface area contributed by atoms with E-state index < -0.39 is 11.6 Å². The van der Waals surface area contributed by atoms with Gasteiger partial charge in [0.25, 0.3) is 0 Å². The van der Waals surface area contributed by atoms with Crippen LogP contribution in [0.2, 0.25) is 0 Å². The normalized spacial score (nSPS) is 12.3. The summed E-state index contributed by atoms with van der Waals surface area (Å²) >= 11 is 1.40. The highest BCUT2D eigenvalue weighted by Gasteiger charge is 2.15. The minimum Gasteiger partial charge on any atom is -0.313 e. The molecule has 0 spiro atoms. The summed E-state index contributed by atoms with van der Waals surface area (Å²) in [5.74, 6) is -1.18. The maximum atomic E-state index is 13.8. The minimum absolute atomic E-state index is 0.0322. The van der Waals surface area contributed by atoms with Crippen molar-refractivity contribution in [3.05, 3.63) is 70.6 Å². The topological polar surface area (TPSA) is 73.5 Å². The third-order valence-corrected chi connectivity index (χ3v) is 5.19. The number of hydrogen-bond acceptors (Lipinski definition) is 6. The van der Waals surface area contributed by atoms with E-state index in [1.165, 1.54) is 28.2 Å². The van der Waals surface area contributed by atoms with Crippen LogP contribution in [0.4, 0.5) is 19.7 Å². The number of benzene rings is 1. The van der Waals surface area contributed by atoms with Crippen LogP contribution in [-0.2, 0) is 6.54 Å². The van der Waals surface area contributed by atoms with Gasteiger partial charge in [-0.05, 0) is 26.0 Å². The van der Waals surface area contributed by atoms with E-state index in [2.05, 4.69) is 25.7 Å². The van der Waals surface area contributed by atoms with Crippen LogP contribution >= 0.6 is 11.3 Å². The Morgan fingerprint density at radius 2 is 1.96 bits per heavy atom. The van der Waals surface area contributed by atoms with Crippen LogP contribution in [-0.4, -0.2) is 29.8 Å². The molecule has 0 saturated heterocycles. The number of nitrogens with one attached hydrogen (secondary N) is 1. The number of aryl methyl sites for hydroxylation is 1. The van der Waals surface area contributed by atoms with Crippen molar-refractivity contribution in [1.82, 2.24) is 29.8 Å². The molecule has 144 valence electrons. The molecular weight excluding hydrogens is 384 g/mol. The Bertz CT molecular complexity index is 1100. The summed E-state index contributed by atoms with van der Waals surface area (Å²) in [6.45, 7) is 4.06. The molecule has 0 fully saturated rings. The Labute approximate surface area is 163 Å². The number of aromatic nitrogens is 6. The number of nitrogens with zero attached hydrogens (tertiary/aromatic N) is 6. The van der Waals surface area contributed by atoms with Gasteiger partial charge in [0.1, 0.15) is 11.0 Å². The zero-order valence-electron chi connectivity index (χ0n) is 15.2. The first-order valence-electron chi connectivity index (χ1n) is 8.58. The summed E-state index contributed by atoms with van der Waals surface area (Å²) in [6, 6.07) is 7.73. The Balaban J connectivity index is 1.44. The zero-order valence-corrected chi connectivity index (χ0v) is 16.0. The van der Waals surface area contributed by atoms with E-state index in [-0.39, 0.29) is 18.2 Å². The molecule has 3 aromatic heterocycles. The zero-order chi connectivity index (χ0) is 19.7. The summed E-state index contributed by atoms with van der Waals surface area (Å²) < 4.78 is 30.5. The van der Waals surface area contributed by atoms with Crippen molar-refractivity contribution < 1.29 is 8.78 Å². The number of rotatable bonds is 6. The maximum absolute atomic E-state index is 13.8. The van der Waals surface area contributed by atoms with Crippen molar-refractivity contribution in [1.29, 1.82) is 0 Å². The minimum atomic E-state index is -0.870. The molecule has 0 bridgehead atoms. The van der Waals surface area contributed by atoms with Crippen molar-refractivity contribution in [3.8, 4) is 0 Å². The highest BCUT2D eigenvalue weighted by Crippen LogP contribution is 2.26. The van der Waals surface area contributed by atoms with Crippen molar-refractivity contribution in [2.24, 2.45) is 0 Å². The SMILES string of the molecule is Cc1ccn(C(C)c2nnc(Nc3ccn(Cc4cccc(F)c4F)n3)s2)n1. The Kier molecular flexibility index (Phi) is 4.86. The summed E-state index contributed by atoms with van der Waals surface area (Å²) in [5, 5.41) is 21.6. The van der Waals surface area contributed by atoms with Crippen molar-refractivity contribution in [3.63, 3.8) is 0 Å². The lowest BCUT2D eigenvalue weighted by Gasteiger charge is -2.07. The first kappa shape index (κ1) is 18.2. The van der Waals surface area contributed by atoms with Crippen LogP contribution in [0.3, 0.4) is 0 Å². The summed E-state index contributed by atoms with van der Waals surface area (Å²) in [5.41, 5.74) is 1.17. The third kappa shape index (κ3) is 3.77. The lowest BCUT2D eigenvalue weighted by molar-refractivity contribution is 0.492. The van der Waals surface area contributed by atoms with Gasteiger partial charge in [0.15, 0.2) is 17.5 Å². The number of anilines is 2. The van der Waals surface area contributed by atoms with E-state index in [1.807, 2.05) is 30.8 Å². The van der Waals surface area contributed by atoms with Crippen molar-refractivity contribution in [2.45, 2.75) is 26.4 Å². The molecule has 0 saturated carbocycles. The molecule has 0 radical (unpaired) electrons. The van der Waals surface area contributed by atoms with Crippen LogP contribution in [0.15, 0.2) is 42.7 Å². The molecule has 3 heterocycles. The number of hydrogen-bond donors (Lipinski definition) is 1.